The highest BCUT2D eigenvalue weighted by Gasteiger charge is 2.37. The summed E-state index contributed by atoms with van der Waals surface area (Å²) in [5.41, 5.74) is 6.81. The maximum absolute atomic E-state index is 6.19. The van der Waals surface area contributed by atoms with Crippen molar-refractivity contribution in [2.24, 2.45) is 11.1 Å². The molecule has 0 aliphatic heterocycles. The Morgan fingerprint density at radius 3 is 2.60 bits per heavy atom. The molecule has 0 amide bonds. The zero-order chi connectivity index (χ0) is 14.8. The van der Waals surface area contributed by atoms with Crippen LogP contribution in [-0.4, -0.2) is 24.0 Å². The lowest BCUT2D eigenvalue weighted by Gasteiger charge is -2.41. The Morgan fingerprint density at radius 2 is 2.00 bits per heavy atom. The molecule has 0 radical (unpaired) electrons. The lowest BCUT2D eigenvalue weighted by molar-refractivity contribution is 0.0972. The maximum atomic E-state index is 6.19. The molecule has 1 unspecified atom stereocenters. The predicted octanol–water partition coefficient (Wildman–Crippen LogP) is 4.52. The number of nitrogens with zero attached hydrogens (tertiary/aromatic N) is 1. The molecule has 1 heterocycles. The van der Waals surface area contributed by atoms with E-state index in [-0.39, 0.29) is 5.54 Å². The lowest BCUT2D eigenvalue weighted by atomic mass is 9.83. The van der Waals surface area contributed by atoms with Gasteiger partial charge in [-0.05, 0) is 50.3 Å². The topological polar surface area (TPSA) is 29.3 Å². The van der Waals surface area contributed by atoms with Crippen molar-refractivity contribution in [3.8, 4) is 0 Å². The first-order valence-electron chi connectivity index (χ1n) is 7.52. The molecule has 1 atom stereocenters. The van der Waals surface area contributed by atoms with Gasteiger partial charge in [0.25, 0.3) is 0 Å². The summed E-state index contributed by atoms with van der Waals surface area (Å²) in [7, 11) is 2.22. The molecule has 0 aromatic carbocycles. The maximum Gasteiger partial charge on any atom is 0.0931 e. The van der Waals surface area contributed by atoms with Crippen LogP contribution in [-0.2, 0) is 6.54 Å². The monoisotopic (exact) mass is 314 g/mol. The van der Waals surface area contributed by atoms with Gasteiger partial charge in [0, 0.05) is 23.5 Å². The zero-order valence-electron chi connectivity index (χ0n) is 12.9. The molecule has 1 aliphatic carbocycles. The SMILES string of the molecule is CN(Cc1ccc(Cl)s1)C1(CN)CCCC(C)(C)CC1. The highest BCUT2D eigenvalue weighted by molar-refractivity contribution is 7.16. The molecule has 2 N–H and O–H groups in total. The van der Waals surface area contributed by atoms with Gasteiger partial charge in [-0.1, -0.05) is 31.9 Å². The summed E-state index contributed by atoms with van der Waals surface area (Å²) in [5, 5.41) is 0. The summed E-state index contributed by atoms with van der Waals surface area (Å²) in [4.78, 5) is 3.80. The Bertz CT molecular complexity index is 443. The van der Waals surface area contributed by atoms with Crippen molar-refractivity contribution in [2.45, 2.75) is 58.0 Å². The van der Waals surface area contributed by atoms with Crippen LogP contribution in [0, 0.1) is 5.41 Å². The molecule has 1 fully saturated rings. The standard InChI is InChI=1S/C16H27ClN2S/c1-15(2)7-4-8-16(12-18,10-9-15)19(3)11-13-5-6-14(17)20-13/h5-6H,4,7-12,18H2,1-3H3. The molecule has 2 rings (SSSR count). The second-order valence-electron chi connectivity index (χ2n) is 7.01. The molecule has 0 saturated heterocycles. The minimum Gasteiger partial charge on any atom is -0.329 e. The van der Waals surface area contributed by atoms with Gasteiger partial charge in [0.2, 0.25) is 0 Å². The van der Waals surface area contributed by atoms with E-state index >= 15 is 0 Å². The number of likely N-dealkylation sites (N-methyl/N-ethyl adjacent to an activating group) is 1. The summed E-state index contributed by atoms with van der Waals surface area (Å²) in [5.74, 6) is 0. The number of hydrogen-bond acceptors (Lipinski definition) is 3. The molecule has 0 spiro atoms. The summed E-state index contributed by atoms with van der Waals surface area (Å²) in [6, 6.07) is 4.12. The van der Waals surface area contributed by atoms with Crippen LogP contribution in [0.4, 0.5) is 0 Å². The highest BCUT2D eigenvalue weighted by atomic mass is 35.5. The predicted molar refractivity (Wildman–Crippen MR) is 89.4 cm³/mol. The van der Waals surface area contributed by atoms with Gasteiger partial charge in [0.1, 0.15) is 0 Å². The van der Waals surface area contributed by atoms with Crippen molar-refractivity contribution in [1.29, 1.82) is 0 Å². The first-order chi connectivity index (χ1) is 9.37. The highest BCUT2D eigenvalue weighted by Crippen LogP contribution is 2.40. The molecule has 4 heteroatoms. The summed E-state index contributed by atoms with van der Waals surface area (Å²) >= 11 is 7.71. The second-order valence-corrected chi connectivity index (χ2v) is 8.81. The Labute approximate surface area is 132 Å². The molecule has 20 heavy (non-hydrogen) atoms. The van der Waals surface area contributed by atoms with Gasteiger partial charge in [-0.25, -0.2) is 0 Å². The molecule has 1 aromatic heterocycles. The fourth-order valence-corrected chi connectivity index (χ4v) is 4.44. The summed E-state index contributed by atoms with van der Waals surface area (Å²) in [6.45, 7) is 6.48. The number of rotatable bonds is 4. The molecule has 1 aliphatic rings. The van der Waals surface area contributed by atoms with E-state index < -0.39 is 0 Å². The van der Waals surface area contributed by atoms with E-state index in [0.717, 1.165) is 17.4 Å². The Morgan fingerprint density at radius 1 is 1.25 bits per heavy atom. The molecule has 1 saturated carbocycles. The summed E-state index contributed by atoms with van der Waals surface area (Å²) in [6.07, 6.45) is 6.27. The molecular formula is C16H27ClN2S. The fourth-order valence-electron chi connectivity index (χ4n) is 3.30. The van der Waals surface area contributed by atoms with E-state index in [2.05, 4.69) is 31.9 Å². The Balaban J connectivity index is 2.09. The van der Waals surface area contributed by atoms with Crippen molar-refractivity contribution in [2.75, 3.05) is 13.6 Å². The van der Waals surface area contributed by atoms with Crippen LogP contribution in [0.2, 0.25) is 4.34 Å². The third kappa shape index (κ3) is 3.76. The molecule has 0 bridgehead atoms. The van der Waals surface area contributed by atoms with Gasteiger partial charge in [-0.3, -0.25) is 4.90 Å². The van der Waals surface area contributed by atoms with E-state index in [1.807, 2.05) is 6.07 Å². The van der Waals surface area contributed by atoms with E-state index in [1.165, 1.54) is 37.0 Å². The largest absolute Gasteiger partial charge is 0.329 e. The van der Waals surface area contributed by atoms with Crippen LogP contribution in [0.25, 0.3) is 0 Å². The fraction of sp³-hybridized carbons (Fsp3) is 0.750. The van der Waals surface area contributed by atoms with Gasteiger partial charge in [-0.2, -0.15) is 0 Å². The number of thiophene rings is 1. The molecule has 114 valence electrons. The van der Waals surface area contributed by atoms with Gasteiger partial charge < -0.3 is 5.73 Å². The third-order valence-electron chi connectivity index (χ3n) is 4.97. The smallest absolute Gasteiger partial charge is 0.0931 e. The van der Waals surface area contributed by atoms with Crippen LogP contribution in [0.3, 0.4) is 0 Å². The van der Waals surface area contributed by atoms with Crippen molar-refractivity contribution in [3.05, 3.63) is 21.3 Å². The Kier molecular flexibility index (Phi) is 5.17. The minimum absolute atomic E-state index is 0.157. The van der Waals surface area contributed by atoms with Crippen LogP contribution < -0.4 is 5.73 Å². The first kappa shape index (κ1) is 16.3. The van der Waals surface area contributed by atoms with Crippen molar-refractivity contribution in [3.63, 3.8) is 0 Å². The van der Waals surface area contributed by atoms with Gasteiger partial charge in [0.05, 0.1) is 4.34 Å². The van der Waals surface area contributed by atoms with Crippen LogP contribution in [0.15, 0.2) is 12.1 Å². The van der Waals surface area contributed by atoms with Gasteiger partial charge >= 0.3 is 0 Å². The lowest BCUT2D eigenvalue weighted by Crippen LogP contribution is -2.51. The van der Waals surface area contributed by atoms with Gasteiger partial charge in [0.15, 0.2) is 0 Å². The number of nitrogens with two attached hydrogens (primary N) is 1. The summed E-state index contributed by atoms with van der Waals surface area (Å²) < 4.78 is 0.872. The average molecular weight is 315 g/mol. The number of halogens is 1. The molecule has 2 nitrogen and oxygen atoms in total. The van der Waals surface area contributed by atoms with Crippen LogP contribution >= 0.6 is 22.9 Å². The average Bonchev–Trinajstić information content (AvgIpc) is 2.70. The number of hydrogen-bond donors (Lipinski definition) is 1. The van der Waals surface area contributed by atoms with E-state index in [1.54, 1.807) is 11.3 Å². The Hall–Kier alpha value is -0.0900. The first-order valence-corrected chi connectivity index (χ1v) is 8.72. The molecular weight excluding hydrogens is 288 g/mol. The quantitative estimate of drug-likeness (QED) is 0.828. The van der Waals surface area contributed by atoms with Crippen molar-refractivity contribution in [1.82, 2.24) is 4.90 Å². The van der Waals surface area contributed by atoms with E-state index in [0.29, 0.717) is 5.41 Å². The zero-order valence-corrected chi connectivity index (χ0v) is 14.5. The molecule has 1 aromatic rings. The van der Waals surface area contributed by atoms with E-state index in [4.69, 9.17) is 17.3 Å². The van der Waals surface area contributed by atoms with Crippen molar-refractivity contribution < 1.29 is 0 Å². The third-order valence-corrected chi connectivity index (χ3v) is 6.19. The van der Waals surface area contributed by atoms with Gasteiger partial charge in [-0.15, -0.1) is 11.3 Å². The van der Waals surface area contributed by atoms with Crippen LogP contribution in [0.5, 0.6) is 0 Å². The van der Waals surface area contributed by atoms with E-state index in [9.17, 15) is 0 Å². The minimum atomic E-state index is 0.157. The van der Waals surface area contributed by atoms with Crippen LogP contribution in [0.1, 0.15) is 50.8 Å². The second kappa shape index (κ2) is 6.35. The van der Waals surface area contributed by atoms with Crippen molar-refractivity contribution >= 4 is 22.9 Å². The normalized spacial score (nSPS) is 26.7.